The molecule has 2 aliphatic heterocycles. The molecule has 2 saturated heterocycles. The highest BCUT2D eigenvalue weighted by Gasteiger charge is 2.41. The molecule has 1 unspecified atom stereocenters. The van der Waals surface area contributed by atoms with Gasteiger partial charge in [-0.2, -0.15) is 0 Å². The van der Waals surface area contributed by atoms with Crippen LogP contribution in [0.25, 0.3) is 11.2 Å². The van der Waals surface area contributed by atoms with E-state index in [1.54, 1.807) is 13.3 Å². The van der Waals surface area contributed by atoms with Crippen LogP contribution in [0.5, 0.6) is 0 Å². The number of imidazole rings is 1. The molecule has 1 amide bonds. The van der Waals surface area contributed by atoms with Gasteiger partial charge in [-0.25, -0.2) is 9.97 Å². The Morgan fingerprint density at radius 1 is 1.27 bits per heavy atom. The quantitative estimate of drug-likeness (QED) is 0.698. The van der Waals surface area contributed by atoms with Crippen molar-refractivity contribution in [3.63, 3.8) is 0 Å². The van der Waals surface area contributed by atoms with E-state index in [0.29, 0.717) is 24.3 Å². The molecule has 4 heterocycles. The number of nitrogens with zero attached hydrogens (tertiary/aromatic N) is 5. The van der Waals surface area contributed by atoms with E-state index in [4.69, 9.17) is 9.72 Å². The van der Waals surface area contributed by atoms with Crippen LogP contribution in [0.1, 0.15) is 50.9 Å². The second-order valence-electron chi connectivity index (χ2n) is 9.27. The Morgan fingerprint density at radius 2 is 2.03 bits per heavy atom. The van der Waals surface area contributed by atoms with Crippen molar-refractivity contribution in [2.24, 2.45) is 5.41 Å². The average Bonchev–Trinajstić information content (AvgIpc) is 3.32. The van der Waals surface area contributed by atoms with Crippen molar-refractivity contribution in [1.82, 2.24) is 24.3 Å². The molecule has 30 heavy (non-hydrogen) atoms. The number of piperidine rings is 1. The average molecular weight is 414 g/mol. The molecule has 0 bridgehead atoms. The third-order valence-corrected chi connectivity index (χ3v) is 7.00. The van der Waals surface area contributed by atoms with Crippen molar-refractivity contribution in [1.29, 1.82) is 0 Å². The number of pyridine rings is 1. The summed E-state index contributed by atoms with van der Waals surface area (Å²) >= 11 is 0. The van der Waals surface area contributed by atoms with Gasteiger partial charge >= 0.3 is 0 Å². The highest BCUT2D eigenvalue weighted by atomic mass is 16.5. The van der Waals surface area contributed by atoms with Gasteiger partial charge in [-0.1, -0.05) is 0 Å². The summed E-state index contributed by atoms with van der Waals surface area (Å²) in [6.07, 6.45) is 7.60. The predicted molar refractivity (Wildman–Crippen MR) is 117 cm³/mol. The van der Waals surface area contributed by atoms with E-state index in [2.05, 4.69) is 33.3 Å². The molecule has 1 spiro atoms. The number of aromatic nitrogens is 3. The van der Waals surface area contributed by atoms with Crippen LogP contribution < -0.4 is 0 Å². The molecule has 4 rings (SSSR count). The molecule has 2 aliphatic rings. The fourth-order valence-electron chi connectivity index (χ4n) is 5.14. The molecule has 7 heteroatoms. The SMILES string of the molecule is COCC(C)n1c(CCCC(=O)N2CCC3(CCN(C)CC3)C2)nc2cccnc21. The smallest absolute Gasteiger partial charge is 0.222 e. The molecule has 1 atom stereocenters. The Morgan fingerprint density at radius 3 is 2.80 bits per heavy atom. The largest absolute Gasteiger partial charge is 0.383 e. The maximum absolute atomic E-state index is 12.9. The lowest BCUT2D eigenvalue weighted by atomic mass is 9.78. The summed E-state index contributed by atoms with van der Waals surface area (Å²) in [4.78, 5) is 26.7. The van der Waals surface area contributed by atoms with Crippen molar-refractivity contribution in [2.75, 3.05) is 46.9 Å². The number of amides is 1. The third kappa shape index (κ3) is 4.37. The molecule has 0 aromatic carbocycles. The number of likely N-dealkylation sites (tertiary alicyclic amines) is 2. The lowest BCUT2D eigenvalue weighted by Gasteiger charge is -2.37. The molecule has 7 nitrogen and oxygen atoms in total. The number of fused-ring (bicyclic) bond motifs is 1. The standard InChI is InChI=1S/C23H35N5O2/c1-18(16-30-3)28-20(25-19-6-5-12-24-22(19)28)7-4-8-21(29)27-15-11-23(17-27)9-13-26(2)14-10-23/h5-6,12,18H,4,7-11,13-17H2,1-3H3. The van der Waals surface area contributed by atoms with Crippen LogP contribution in [0, 0.1) is 5.41 Å². The van der Waals surface area contributed by atoms with Crippen molar-refractivity contribution < 1.29 is 9.53 Å². The molecule has 2 aromatic heterocycles. The first kappa shape index (κ1) is 21.2. The zero-order chi connectivity index (χ0) is 21.1. The maximum atomic E-state index is 12.9. The number of methoxy groups -OCH3 is 1. The Labute approximate surface area is 179 Å². The van der Waals surface area contributed by atoms with E-state index in [1.807, 2.05) is 12.1 Å². The van der Waals surface area contributed by atoms with E-state index in [0.717, 1.165) is 56.0 Å². The Kier molecular flexibility index (Phi) is 6.39. The molecule has 0 N–H and O–H groups in total. The first-order chi connectivity index (χ1) is 14.5. The van der Waals surface area contributed by atoms with E-state index in [-0.39, 0.29) is 6.04 Å². The zero-order valence-electron chi connectivity index (χ0n) is 18.6. The number of hydrogen-bond acceptors (Lipinski definition) is 5. The zero-order valence-corrected chi connectivity index (χ0v) is 18.6. The molecule has 164 valence electrons. The number of carbonyl (C=O) groups excluding carboxylic acids is 1. The summed E-state index contributed by atoms with van der Waals surface area (Å²) < 4.78 is 7.54. The molecular weight excluding hydrogens is 378 g/mol. The fraction of sp³-hybridized carbons (Fsp3) is 0.696. The van der Waals surface area contributed by atoms with Gasteiger partial charge in [0.15, 0.2) is 5.65 Å². The van der Waals surface area contributed by atoms with Gasteiger partial charge in [0.05, 0.1) is 12.6 Å². The van der Waals surface area contributed by atoms with Gasteiger partial charge in [-0.3, -0.25) is 4.79 Å². The van der Waals surface area contributed by atoms with Crippen LogP contribution in [-0.2, 0) is 16.0 Å². The van der Waals surface area contributed by atoms with Crippen molar-refractivity contribution >= 4 is 17.1 Å². The van der Waals surface area contributed by atoms with Gasteiger partial charge in [0.2, 0.25) is 5.91 Å². The van der Waals surface area contributed by atoms with E-state index in [1.165, 1.54) is 19.3 Å². The second kappa shape index (κ2) is 9.02. The minimum Gasteiger partial charge on any atom is -0.383 e. The Bertz CT molecular complexity index is 872. The van der Waals surface area contributed by atoms with Crippen LogP contribution in [0.2, 0.25) is 0 Å². The number of hydrogen-bond donors (Lipinski definition) is 0. The molecule has 0 saturated carbocycles. The van der Waals surface area contributed by atoms with E-state index < -0.39 is 0 Å². The number of rotatable bonds is 7. The first-order valence-corrected chi connectivity index (χ1v) is 11.3. The predicted octanol–water partition coefficient (Wildman–Crippen LogP) is 2.91. The summed E-state index contributed by atoms with van der Waals surface area (Å²) in [7, 11) is 3.91. The Balaban J connectivity index is 1.36. The number of carbonyl (C=O) groups is 1. The highest BCUT2D eigenvalue weighted by molar-refractivity contribution is 5.76. The second-order valence-corrected chi connectivity index (χ2v) is 9.27. The van der Waals surface area contributed by atoms with E-state index >= 15 is 0 Å². The van der Waals surface area contributed by atoms with Gasteiger partial charge in [0, 0.05) is 39.2 Å². The van der Waals surface area contributed by atoms with Crippen molar-refractivity contribution in [3.05, 3.63) is 24.2 Å². The van der Waals surface area contributed by atoms with Crippen LogP contribution in [0.15, 0.2) is 18.3 Å². The van der Waals surface area contributed by atoms with Crippen molar-refractivity contribution in [2.45, 2.75) is 51.5 Å². The minimum atomic E-state index is 0.156. The van der Waals surface area contributed by atoms with Gasteiger partial charge in [-0.05, 0) is 70.3 Å². The molecular formula is C23H35N5O2. The normalized spacial score (nSPS) is 20.3. The van der Waals surface area contributed by atoms with Crippen LogP contribution >= 0.6 is 0 Å². The van der Waals surface area contributed by atoms with Crippen LogP contribution in [-0.4, -0.2) is 77.2 Å². The fourth-order valence-corrected chi connectivity index (χ4v) is 5.14. The lowest BCUT2D eigenvalue weighted by Crippen LogP contribution is -2.40. The molecule has 0 aliphatic carbocycles. The van der Waals surface area contributed by atoms with Crippen LogP contribution in [0.3, 0.4) is 0 Å². The maximum Gasteiger partial charge on any atom is 0.222 e. The monoisotopic (exact) mass is 413 g/mol. The number of ether oxygens (including phenoxy) is 1. The first-order valence-electron chi connectivity index (χ1n) is 11.3. The molecule has 0 radical (unpaired) electrons. The van der Waals surface area contributed by atoms with Gasteiger partial charge in [0.1, 0.15) is 11.3 Å². The minimum absolute atomic E-state index is 0.156. The Hall–Kier alpha value is -1.99. The third-order valence-electron chi connectivity index (χ3n) is 7.00. The van der Waals surface area contributed by atoms with Crippen LogP contribution in [0.4, 0.5) is 0 Å². The summed E-state index contributed by atoms with van der Waals surface area (Å²) in [5.74, 6) is 1.30. The summed E-state index contributed by atoms with van der Waals surface area (Å²) in [6, 6.07) is 4.07. The van der Waals surface area contributed by atoms with Gasteiger partial charge < -0.3 is 19.1 Å². The number of aryl methyl sites for hydroxylation is 1. The van der Waals surface area contributed by atoms with Gasteiger partial charge in [0.25, 0.3) is 0 Å². The van der Waals surface area contributed by atoms with Gasteiger partial charge in [-0.15, -0.1) is 0 Å². The van der Waals surface area contributed by atoms with Crippen molar-refractivity contribution in [3.8, 4) is 0 Å². The summed E-state index contributed by atoms with van der Waals surface area (Å²) in [5.41, 5.74) is 2.18. The topological polar surface area (TPSA) is 63.5 Å². The summed E-state index contributed by atoms with van der Waals surface area (Å²) in [5, 5.41) is 0. The van der Waals surface area contributed by atoms with E-state index in [9.17, 15) is 4.79 Å². The molecule has 2 fully saturated rings. The summed E-state index contributed by atoms with van der Waals surface area (Å²) in [6.45, 7) is 6.93. The molecule has 2 aromatic rings. The highest BCUT2D eigenvalue weighted by Crippen LogP contribution is 2.40. The lowest BCUT2D eigenvalue weighted by molar-refractivity contribution is -0.130.